The fourth-order valence-corrected chi connectivity index (χ4v) is 1.95. The van der Waals surface area contributed by atoms with Crippen LogP contribution in [0.25, 0.3) is 0 Å². The number of aliphatic carboxylic acids is 1. The number of carbonyl (C=O) groups is 1. The highest BCUT2D eigenvalue weighted by molar-refractivity contribution is 5.70. The zero-order valence-electron chi connectivity index (χ0n) is 11.4. The normalized spacial score (nSPS) is 10.3. The summed E-state index contributed by atoms with van der Waals surface area (Å²) in [7, 11) is 3.12. The first-order valence-electron chi connectivity index (χ1n) is 6.07. The van der Waals surface area contributed by atoms with Gasteiger partial charge in [-0.05, 0) is 17.7 Å². The first-order chi connectivity index (χ1) is 9.63. The van der Waals surface area contributed by atoms with Gasteiger partial charge in [0.25, 0.3) is 0 Å². The summed E-state index contributed by atoms with van der Waals surface area (Å²) in [4.78, 5) is 10.8. The largest absolute Gasteiger partial charge is 0.497 e. The van der Waals surface area contributed by atoms with Crippen LogP contribution in [0, 0.1) is 0 Å². The highest BCUT2D eigenvalue weighted by Crippen LogP contribution is 2.20. The van der Waals surface area contributed by atoms with Crippen molar-refractivity contribution in [3.8, 4) is 11.6 Å². The molecule has 20 heavy (non-hydrogen) atoms. The molecule has 6 heteroatoms. The number of hydrogen-bond donors (Lipinski definition) is 1. The topological polar surface area (TPSA) is 73.6 Å². The van der Waals surface area contributed by atoms with Crippen molar-refractivity contribution in [1.82, 2.24) is 9.78 Å². The molecule has 0 aliphatic rings. The average Bonchev–Trinajstić information content (AvgIpc) is 2.80. The highest BCUT2D eigenvalue weighted by Gasteiger charge is 2.14. The lowest BCUT2D eigenvalue weighted by Gasteiger charge is -2.08. The maximum Gasteiger partial charge on any atom is 0.308 e. The Hall–Kier alpha value is -2.50. The van der Waals surface area contributed by atoms with E-state index in [1.54, 1.807) is 11.8 Å². The summed E-state index contributed by atoms with van der Waals surface area (Å²) in [5.74, 6) is 0.350. The molecule has 0 radical (unpaired) electrons. The SMILES string of the molecule is COc1ccc(Cn2ncc(CC(=O)O)c2OC)cc1. The first-order valence-corrected chi connectivity index (χ1v) is 6.07. The predicted molar refractivity (Wildman–Crippen MR) is 72.2 cm³/mol. The van der Waals surface area contributed by atoms with Gasteiger partial charge in [-0.3, -0.25) is 4.79 Å². The Morgan fingerprint density at radius 1 is 1.25 bits per heavy atom. The van der Waals surface area contributed by atoms with E-state index in [2.05, 4.69) is 5.10 Å². The summed E-state index contributed by atoms with van der Waals surface area (Å²) >= 11 is 0. The standard InChI is InChI=1S/C14H16N2O4/c1-19-12-5-3-10(4-6-12)9-16-14(20-2)11(8-15-16)7-13(17)18/h3-6,8H,7,9H2,1-2H3,(H,17,18). The molecule has 0 saturated heterocycles. The minimum absolute atomic E-state index is 0.105. The van der Waals surface area contributed by atoms with E-state index in [1.807, 2.05) is 24.3 Å². The quantitative estimate of drug-likeness (QED) is 0.867. The van der Waals surface area contributed by atoms with Gasteiger partial charge in [0.2, 0.25) is 5.88 Å². The smallest absolute Gasteiger partial charge is 0.308 e. The summed E-state index contributed by atoms with van der Waals surface area (Å²) in [6, 6.07) is 7.58. The van der Waals surface area contributed by atoms with E-state index in [1.165, 1.54) is 13.3 Å². The van der Waals surface area contributed by atoms with Crippen LogP contribution in [-0.4, -0.2) is 35.1 Å². The molecule has 1 aromatic heterocycles. The fourth-order valence-electron chi connectivity index (χ4n) is 1.95. The maximum absolute atomic E-state index is 10.8. The first kappa shape index (κ1) is 13.9. The van der Waals surface area contributed by atoms with Gasteiger partial charge in [-0.15, -0.1) is 0 Å². The second-order valence-electron chi connectivity index (χ2n) is 4.26. The number of nitrogens with zero attached hydrogens (tertiary/aromatic N) is 2. The van der Waals surface area contributed by atoms with Gasteiger partial charge >= 0.3 is 5.97 Å². The van der Waals surface area contributed by atoms with Crippen molar-refractivity contribution in [3.05, 3.63) is 41.6 Å². The third kappa shape index (κ3) is 3.09. The van der Waals surface area contributed by atoms with Crippen LogP contribution in [-0.2, 0) is 17.8 Å². The summed E-state index contributed by atoms with van der Waals surface area (Å²) < 4.78 is 12.0. The van der Waals surface area contributed by atoms with Gasteiger partial charge in [-0.2, -0.15) is 5.10 Å². The third-order valence-electron chi connectivity index (χ3n) is 2.89. The molecule has 106 valence electrons. The fraction of sp³-hybridized carbons (Fsp3) is 0.286. The van der Waals surface area contributed by atoms with Gasteiger partial charge in [0.05, 0.1) is 33.4 Å². The number of rotatable bonds is 6. The second-order valence-corrected chi connectivity index (χ2v) is 4.26. The Bertz CT molecular complexity index is 590. The van der Waals surface area contributed by atoms with Gasteiger partial charge in [0.15, 0.2) is 0 Å². The van der Waals surface area contributed by atoms with Crippen LogP contribution in [0.3, 0.4) is 0 Å². The zero-order valence-corrected chi connectivity index (χ0v) is 11.4. The molecular weight excluding hydrogens is 260 g/mol. The van der Waals surface area contributed by atoms with Crippen LogP contribution in [0.15, 0.2) is 30.5 Å². The molecule has 0 atom stereocenters. The molecule has 0 bridgehead atoms. The highest BCUT2D eigenvalue weighted by atomic mass is 16.5. The van der Waals surface area contributed by atoms with Crippen LogP contribution in [0.5, 0.6) is 11.6 Å². The van der Waals surface area contributed by atoms with E-state index < -0.39 is 5.97 Å². The van der Waals surface area contributed by atoms with Gasteiger partial charge in [0.1, 0.15) is 5.75 Å². The average molecular weight is 276 g/mol. The number of carboxylic acids is 1. The van der Waals surface area contributed by atoms with Gasteiger partial charge in [0, 0.05) is 5.56 Å². The van der Waals surface area contributed by atoms with E-state index in [0.29, 0.717) is 18.0 Å². The Morgan fingerprint density at radius 3 is 2.50 bits per heavy atom. The van der Waals surface area contributed by atoms with Crippen LogP contribution in [0.2, 0.25) is 0 Å². The predicted octanol–water partition coefficient (Wildman–Crippen LogP) is 1.58. The summed E-state index contributed by atoms with van der Waals surface area (Å²) in [5, 5.41) is 13.0. The van der Waals surface area contributed by atoms with Gasteiger partial charge in [-0.1, -0.05) is 12.1 Å². The van der Waals surface area contributed by atoms with Crippen molar-refractivity contribution in [3.63, 3.8) is 0 Å². The molecule has 0 aliphatic heterocycles. The molecule has 0 fully saturated rings. The Labute approximate surface area is 116 Å². The molecule has 1 heterocycles. The minimum Gasteiger partial charge on any atom is -0.497 e. The van der Waals surface area contributed by atoms with Crippen LogP contribution in [0.4, 0.5) is 0 Å². The van der Waals surface area contributed by atoms with E-state index in [4.69, 9.17) is 14.6 Å². The van der Waals surface area contributed by atoms with Crippen LogP contribution >= 0.6 is 0 Å². The Kier molecular flexibility index (Phi) is 4.24. The third-order valence-corrected chi connectivity index (χ3v) is 2.89. The molecule has 6 nitrogen and oxygen atoms in total. The summed E-state index contributed by atoms with van der Waals surface area (Å²) in [6.45, 7) is 0.507. The summed E-state index contributed by atoms with van der Waals surface area (Å²) in [6.07, 6.45) is 1.42. The van der Waals surface area contributed by atoms with Crippen LogP contribution < -0.4 is 9.47 Å². The lowest BCUT2D eigenvalue weighted by Crippen LogP contribution is -2.06. The zero-order chi connectivity index (χ0) is 14.5. The van der Waals surface area contributed by atoms with Crippen molar-refractivity contribution in [2.45, 2.75) is 13.0 Å². The van der Waals surface area contributed by atoms with E-state index in [9.17, 15) is 4.79 Å². The molecule has 0 spiro atoms. The molecule has 0 unspecified atom stereocenters. The van der Waals surface area contributed by atoms with Gasteiger partial charge in [-0.25, -0.2) is 4.68 Å². The lowest BCUT2D eigenvalue weighted by atomic mass is 10.2. The molecule has 1 N–H and O–H groups in total. The number of benzene rings is 1. The van der Waals surface area contributed by atoms with E-state index in [-0.39, 0.29) is 6.42 Å². The molecule has 0 saturated carbocycles. The van der Waals surface area contributed by atoms with E-state index in [0.717, 1.165) is 11.3 Å². The van der Waals surface area contributed by atoms with E-state index >= 15 is 0 Å². The number of ether oxygens (including phenoxy) is 2. The minimum atomic E-state index is -0.910. The van der Waals surface area contributed by atoms with Crippen molar-refractivity contribution >= 4 is 5.97 Å². The molecule has 2 aromatic rings. The molecule has 0 amide bonds. The van der Waals surface area contributed by atoms with Crippen molar-refractivity contribution in [2.24, 2.45) is 0 Å². The van der Waals surface area contributed by atoms with Crippen LogP contribution in [0.1, 0.15) is 11.1 Å². The lowest BCUT2D eigenvalue weighted by molar-refractivity contribution is -0.136. The summed E-state index contributed by atoms with van der Waals surface area (Å²) in [5.41, 5.74) is 1.59. The number of hydrogen-bond acceptors (Lipinski definition) is 4. The van der Waals surface area contributed by atoms with Crippen molar-refractivity contribution < 1.29 is 19.4 Å². The molecule has 1 aromatic carbocycles. The molecule has 2 rings (SSSR count). The Morgan fingerprint density at radius 2 is 1.95 bits per heavy atom. The maximum atomic E-state index is 10.8. The van der Waals surface area contributed by atoms with Gasteiger partial charge < -0.3 is 14.6 Å². The molecular formula is C14H16N2O4. The van der Waals surface area contributed by atoms with Crippen molar-refractivity contribution in [2.75, 3.05) is 14.2 Å². The second kappa shape index (κ2) is 6.10. The Balaban J connectivity index is 2.19. The monoisotopic (exact) mass is 276 g/mol. The number of methoxy groups -OCH3 is 2. The van der Waals surface area contributed by atoms with Crippen molar-refractivity contribution in [1.29, 1.82) is 0 Å². The number of carboxylic acid groups (broad SMARTS) is 1. The number of aromatic nitrogens is 2. The molecule has 0 aliphatic carbocycles.